The predicted molar refractivity (Wildman–Crippen MR) is 84.1 cm³/mol. The molecule has 0 fully saturated rings. The maximum atomic E-state index is 11.8. The van der Waals surface area contributed by atoms with Gasteiger partial charge >= 0.3 is 0 Å². The number of rotatable bonds is 5. The van der Waals surface area contributed by atoms with Crippen molar-refractivity contribution in [1.29, 1.82) is 0 Å². The van der Waals surface area contributed by atoms with Gasteiger partial charge in [0, 0.05) is 10.6 Å². The van der Waals surface area contributed by atoms with Gasteiger partial charge in [-0.05, 0) is 61.0 Å². The standard InChI is InChI=1S/C16H15ClN2O2/c1-2-21-15-9-3-12(4-10-15)11-18-19-16(20)13-5-7-14(17)8-6-13/h3-11H,2H2,1H3,(H,19,20). The Bertz CT molecular complexity index is 622. The molecule has 0 bridgehead atoms. The number of hydrazone groups is 1. The molecule has 1 N–H and O–H groups in total. The first-order valence-electron chi connectivity index (χ1n) is 6.51. The maximum Gasteiger partial charge on any atom is 0.271 e. The number of amides is 1. The number of nitrogens with one attached hydrogen (secondary N) is 1. The number of halogens is 1. The van der Waals surface area contributed by atoms with Crippen LogP contribution in [-0.2, 0) is 0 Å². The van der Waals surface area contributed by atoms with Crippen molar-refractivity contribution in [3.63, 3.8) is 0 Å². The van der Waals surface area contributed by atoms with Crippen LogP contribution in [0.4, 0.5) is 0 Å². The minimum atomic E-state index is -0.283. The second-order valence-corrected chi connectivity index (χ2v) is 4.64. The fraction of sp³-hybridized carbons (Fsp3) is 0.125. The number of carbonyl (C=O) groups excluding carboxylic acids is 1. The SMILES string of the molecule is CCOc1ccc(C=NNC(=O)c2ccc(Cl)cc2)cc1. The highest BCUT2D eigenvalue weighted by Gasteiger charge is 2.02. The quantitative estimate of drug-likeness (QED) is 0.679. The molecule has 2 rings (SSSR count). The van der Waals surface area contributed by atoms with E-state index in [2.05, 4.69) is 10.5 Å². The van der Waals surface area contributed by atoms with E-state index in [-0.39, 0.29) is 5.91 Å². The van der Waals surface area contributed by atoms with Gasteiger partial charge in [-0.3, -0.25) is 4.79 Å². The molecule has 21 heavy (non-hydrogen) atoms. The summed E-state index contributed by atoms with van der Waals surface area (Å²) in [4.78, 5) is 11.8. The normalized spacial score (nSPS) is 10.6. The molecular formula is C16H15ClN2O2. The number of nitrogens with zero attached hydrogens (tertiary/aromatic N) is 1. The summed E-state index contributed by atoms with van der Waals surface area (Å²) in [6.07, 6.45) is 1.57. The molecule has 2 aromatic carbocycles. The summed E-state index contributed by atoms with van der Waals surface area (Å²) in [5.41, 5.74) is 3.84. The lowest BCUT2D eigenvalue weighted by Crippen LogP contribution is -2.17. The van der Waals surface area contributed by atoms with Crippen molar-refractivity contribution in [2.45, 2.75) is 6.92 Å². The van der Waals surface area contributed by atoms with Gasteiger partial charge in [0.2, 0.25) is 0 Å². The summed E-state index contributed by atoms with van der Waals surface area (Å²) < 4.78 is 5.35. The third kappa shape index (κ3) is 4.61. The van der Waals surface area contributed by atoms with Crippen LogP contribution in [0.15, 0.2) is 53.6 Å². The largest absolute Gasteiger partial charge is 0.494 e. The van der Waals surface area contributed by atoms with Crippen molar-refractivity contribution in [1.82, 2.24) is 5.43 Å². The number of ether oxygens (including phenoxy) is 1. The Morgan fingerprint density at radius 1 is 1.19 bits per heavy atom. The van der Waals surface area contributed by atoms with E-state index in [4.69, 9.17) is 16.3 Å². The molecule has 2 aromatic rings. The molecule has 0 saturated heterocycles. The van der Waals surface area contributed by atoms with Gasteiger partial charge in [-0.25, -0.2) is 5.43 Å². The summed E-state index contributed by atoms with van der Waals surface area (Å²) >= 11 is 5.76. The second-order valence-electron chi connectivity index (χ2n) is 4.21. The molecule has 0 saturated carbocycles. The van der Waals surface area contributed by atoms with Gasteiger partial charge in [-0.1, -0.05) is 11.6 Å². The van der Waals surface area contributed by atoms with Crippen molar-refractivity contribution in [2.75, 3.05) is 6.61 Å². The molecule has 0 radical (unpaired) electrons. The summed E-state index contributed by atoms with van der Waals surface area (Å²) in [7, 11) is 0. The van der Waals surface area contributed by atoms with Gasteiger partial charge < -0.3 is 4.74 Å². The molecule has 0 unspecified atom stereocenters. The zero-order valence-electron chi connectivity index (χ0n) is 11.5. The Labute approximate surface area is 128 Å². The van der Waals surface area contributed by atoms with Crippen LogP contribution < -0.4 is 10.2 Å². The van der Waals surface area contributed by atoms with Gasteiger partial charge in [-0.15, -0.1) is 0 Å². The highest BCUT2D eigenvalue weighted by Crippen LogP contribution is 2.11. The zero-order chi connectivity index (χ0) is 15.1. The van der Waals surface area contributed by atoms with Crippen molar-refractivity contribution in [3.05, 3.63) is 64.7 Å². The van der Waals surface area contributed by atoms with Gasteiger partial charge in [0.25, 0.3) is 5.91 Å². The minimum Gasteiger partial charge on any atom is -0.494 e. The van der Waals surface area contributed by atoms with Crippen LogP contribution in [0.1, 0.15) is 22.8 Å². The number of hydrogen-bond acceptors (Lipinski definition) is 3. The van der Waals surface area contributed by atoms with Gasteiger partial charge in [0.05, 0.1) is 12.8 Å². The highest BCUT2D eigenvalue weighted by atomic mass is 35.5. The van der Waals surface area contributed by atoms with E-state index in [0.717, 1.165) is 11.3 Å². The average molecular weight is 303 g/mol. The summed E-state index contributed by atoms with van der Waals surface area (Å²) in [6.45, 7) is 2.56. The molecule has 5 heteroatoms. The molecule has 108 valence electrons. The van der Waals surface area contributed by atoms with Crippen molar-refractivity contribution < 1.29 is 9.53 Å². The predicted octanol–water partition coefficient (Wildman–Crippen LogP) is 3.50. The molecule has 0 aliphatic carbocycles. The maximum absolute atomic E-state index is 11.8. The lowest BCUT2D eigenvalue weighted by Gasteiger charge is -2.02. The van der Waals surface area contributed by atoms with Crippen LogP contribution in [0.2, 0.25) is 5.02 Å². The van der Waals surface area contributed by atoms with Crippen molar-refractivity contribution in [2.24, 2.45) is 5.10 Å². The Morgan fingerprint density at radius 3 is 2.48 bits per heavy atom. The van der Waals surface area contributed by atoms with Crippen LogP contribution in [0.3, 0.4) is 0 Å². The molecule has 0 heterocycles. The van der Waals surface area contributed by atoms with E-state index >= 15 is 0 Å². The molecule has 0 aromatic heterocycles. The van der Waals surface area contributed by atoms with Crippen LogP contribution in [0, 0.1) is 0 Å². The first-order chi connectivity index (χ1) is 10.2. The topological polar surface area (TPSA) is 50.7 Å². The Kier molecular flexibility index (Phi) is 5.35. The van der Waals surface area contributed by atoms with E-state index in [0.29, 0.717) is 17.2 Å². The van der Waals surface area contributed by atoms with E-state index in [1.54, 1.807) is 30.5 Å². The Morgan fingerprint density at radius 2 is 1.86 bits per heavy atom. The first kappa shape index (κ1) is 15.1. The second kappa shape index (κ2) is 7.45. The van der Waals surface area contributed by atoms with E-state index < -0.39 is 0 Å². The van der Waals surface area contributed by atoms with Gasteiger partial charge in [0.1, 0.15) is 5.75 Å². The van der Waals surface area contributed by atoms with Crippen LogP contribution in [-0.4, -0.2) is 18.7 Å². The van der Waals surface area contributed by atoms with E-state index in [1.165, 1.54) is 0 Å². The molecule has 0 spiro atoms. The van der Waals surface area contributed by atoms with Crippen molar-refractivity contribution >= 4 is 23.7 Å². The van der Waals surface area contributed by atoms with Gasteiger partial charge in [0.15, 0.2) is 0 Å². The Hall–Kier alpha value is -2.33. The summed E-state index contributed by atoms with van der Waals surface area (Å²) in [5, 5.41) is 4.51. The smallest absolute Gasteiger partial charge is 0.271 e. The minimum absolute atomic E-state index is 0.283. The Balaban J connectivity index is 1.92. The van der Waals surface area contributed by atoms with Crippen LogP contribution in [0.5, 0.6) is 5.75 Å². The fourth-order valence-corrected chi connectivity index (χ4v) is 1.77. The number of carbonyl (C=O) groups is 1. The molecule has 0 atom stereocenters. The highest BCUT2D eigenvalue weighted by molar-refractivity contribution is 6.30. The third-order valence-corrected chi connectivity index (χ3v) is 2.93. The zero-order valence-corrected chi connectivity index (χ0v) is 12.3. The molecule has 4 nitrogen and oxygen atoms in total. The lowest BCUT2D eigenvalue weighted by atomic mass is 10.2. The molecule has 0 aliphatic heterocycles. The molecule has 0 aliphatic rings. The van der Waals surface area contributed by atoms with E-state index in [1.807, 2.05) is 31.2 Å². The lowest BCUT2D eigenvalue weighted by molar-refractivity contribution is 0.0955. The third-order valence-electron chi connectivity index (χ3n) is 2.68. The molecular weight excluding hydrogens is 288 g/mol. The van der Waals surface area contributed by atoms with Crippen LogP contribution in [0.25, 0.3) is 0 Å². The van der Waals surface area contributed by atoms with Crippen molar-refractivity contribution in [3.8, 4) is 5.75 Å². The summed E-state index contributed by atoms with van der Waals surface area (Å²) in [5.74, 6) is 0.522. The fourth-order valence-electron chi connectivity index (χ4n) is 1.65. The first-order valence-corrected chi connectivity index (χ1v) is 6.88. The number of hydrogen-bond donors (Lipinski definition) is 1. The molecule has 1 amide bonds. The average Bonchev–Trinajstić information content (AvgIpc) is 2.50. The van der Waals surface area contributed by atoms with Crippen LogP contribution >= 0.6 is 11.6 Å². The van der Waals surface area contributed by atoms with E-state index in [9.17, 15) is 4.79 Å². The monoisotopic (exact) mass is 302 g/mol. The number of benzene rings is 2. The summed E-state index contributed by atoms with van der Waals surface area (Å²) in [6, 6.07) is 14.0. The van der Waals surface area contributed by atoms with Gasteiger partial charge in [-0.2, -0.15) is 5.10 Å².